The Morgan fingerprint density at radius 1 is 2.20 bits per heavy atom. The van der Waals surface area contributed by atoms with Crippen molar-refractivity contribution in [1.82, 2.24) is 0 Å². The van der Waals surface area contributed by atoms with E-state index < -0.39 is 12.5 Å². The van der Waals surface area contributed by atoms with Gasteiger partial charge in [0.2, 0.25) is 0 Å². The van der Waals surface area contributed by atoms with E-state index in [0.717, 1.165) is 0 Å². The van der Waals surface area contributed by atoms with Crippen LogP contribution in [0, 0.1) is 0 Å². The maximum Gasteiger partial charge on any atom is 0.329 e. The minimum Gasteiger partial charge on any atom is -0.480 e. The van der Waals surface area contributed by atoms with Crippen LogP contribution in [0.1, 0.15) is 2.74 Å². The monoisotopic (exact) mass is 78.0 g/mol. The van der Waals surface area contributed by atoms with Gasteiger partial charge in [-0.2, -0.15) is 0 Å². The first-order valence-electron chi connectivity index (χ1n) is 1.90. The fourth-order valence-electron chi connectivity index (χ4n) is 0. The number of rotatable bonds is 1. The van der Waals surface area contributed by atoms with Crippen LogP contribution < -0.4 is 0 Å². The zero-order chi connectivity index (χ0) is 6.08. The molecule has 2 N–H and O–H groups in total. The molecule has 3 nitrogen and oxygen atoms in total. The Hall–Kier alpha value is -0.570. The third-order valence-electron chi connectivity index (χ3n) is 0.0956. The molecule has 0 aromatic rings. The number of carboxylic acid groups (broad SMARTS) is 1. The molecule has 0 amide bonds. The Morgan fingerprint density at radius 3 is 2.40 bits per heavy atom. The molecule has 5 heavy (non-hydrogen) atoms. The summed E-state index contributed by atoms with van der Waals surface area (Å²) in [5, 5.41) is 15.5. The van der Waals surface area contributed by atoms with E-state index in [1.807, 2.05) is 0 Å². The molecule has 0 radical (unpaired) electrons. The van der Waals surface area contributed by atoms with Crippen molar-refractivity contribution in [2.45, 2.75) is 0 Å². The molecule has 0 heterocycles. The second-order valence-corrected chi connectivity index (χ2v) is 0.417. The fourth-order valence-corrected chi connectivity index (χ4v) is 0. The molecule has 0 fully saturated rings. The van der Waals surface area contributed by atoms with Gasteiger partial charge in [-0.15, -0.1) is 0 Å². The number of carboxylic acids is 1. The molecule has 30 valence electrons. The van der Waals surface area contributed by atoms with Gasteiger partial charge in [-0.25, -0.2) is 4.79 Å². The summed E-state index contributed by atoms with van der Waals surface area (Å²) in [4.78, 5) is 9.40. The van der Waals surface area contributed by atoms with Gasteiger partial charge in [0, 0.05) is 0 Å². The van der Waals surface area contributed by atoms with Gasteiger partial charge in [0.15, 0.2) is 0 Å². The largest absolute Gasteiger partial charge is 0.480 e. The number of hydrogen-bond acceptors (Lipinski definition) is 2. The molecule has 0 rings (SSSR count). The second-order valence-electron chi connectivity index (χ2n) is 0.417. The first kappa shape index (κ1) is 1.77. The normalized spacial score (nSPS) is 16.2. The van der Waals surface area contributed by atoms with Crippen LogP contribution in [0.4, 0.5) is 0 Å². The van der Waals surface area contributed by atoms with E-state index in [0.29, 0.717) is 0 Å². The van der Waals surface area contributed by atoms with E-state index in [4.69, 9.17) is 13.0 Å². The van der Waals surface area contributed by atoms with Crippen LogP contribution in [-0.2, 0) is 4.79 Å². The molecule has 0 spiro atoms. The Kier molecular flexibility index (Phi) is 0.609. The molecule has 0 saturated carbocycles. The standard InChI is InChI=1S/C2H4O3/c3-1-2(4)5/h3H,1H2,(H,4,5)/i1D2. The number of hydrogen-bond donors (Lipinski definition) is 2. The third kappa shape index (κ3) is 3.43. The van der Waals surface area contributed by atoms with Crippen molar-refractivity contribution < 1.29 is 17.7 Å². The van der Waals surface area contributed by atoms with E-state index >= 15 is 0 Å². The average molecular weight is 78.1 g/mol. The topological polar surface area (TPSA) is 57.5 Å². The van der Waals surface area contributed by atoms with Gasteiger partial charge < -0.3 is 10.2 Å². The van der Waals surface area contributed by atoms with Crippen molar-refractivity contribution in [3.63, 3.8) is 0 Å². The number of carbonyl (C=O) groups is 1. The van der Waals surface area contributed by atoms with Crippen LogP contribution in [0.15, 0.2) is 0 Å². The zero-order valence-corrected chi connectivity index (χ0v) is 2.30. The summed E-state index contributed by atoms with van der Waals surface area (Å²) in [6.07, 6.45) is 0. The fraction of sp³-hybridized carbons (Fsp3) is 0.500. The average Bonchev–Trinajstić information content (AvgIpc) is 1.31. The van der Waals surface area contributed by atoms with Crippen LogP contribution in [-0.4, -0.2) is 22.7 Å². The summed E-state index contributed by atoms with van der Waals surface area (Å²) in [6.45, 7) is -3.08. The van der Waals surface area contributed by atoms with Crippen molar-refractivity contribution in [1.29, 1.82) is 0 Å². The molecule has 3 heteroatoms. The minimum absolute atomic E-state index is 1.87. The molecular weight excluding hydrogens is 72.0 g/mol. The van der Waals surface area contributed by atoms with Crippen LogP contribution in [0.25, 0.3) is 0 Å². The first-order valence-corrected chi connectivity index (χ1v) is 0.901. The van der Waals surface area contributed by atoms with Gasteiger partial charge in [0.25, 0.3) is 0 Å². The molecule has 0 aliphatic heterocycles. The Bertz CT molecular complexity index is 83.4. The smallest absolute Gasteiger partial charge is 0.329 e. The molecule has 0 atom stereocenters. The number of aliphatic carboxylic acids is 1. The predicted octanol–water partition coefficient (Wildman–Crippen LogP) is -0.937. The lowest BCUT2D eigenvalue weighted by Gasteiger charge is -1.72. The quantitative estimate of drug-likeness (QED) is 0.425. The maximum atomic E-state index is 9.40. The summed E-state index contributed by atoms with van der Waals surface area (Å²) in [6, 6.07) is 0. The van der Waals surface area contributed by atoms with Crippen molar-refractivity contribution in [2.75, 3.05) is 6.56 Å². The van der Waals surface area contributed by atoms with Gasteiger partial charge in [0.05, 0.1) is 2.74 Å². The van der Waals surface area contributed by atoms with Crippen LogP contribution in [0.3, 0.4) is 0 Å². The summed E-state index contributed by atoms with van der Waals surface area (Å²) in [7, 11) is 0. The summed E-state index contributed by atoms with van der Waals surface area (Å²) in [5.74, 6) is -1.87. The van der Waals surface area contributed by atoms with Crippen molar-refractivity contribution in [2.24, 2.45) is 0 Å². The zero-order valence-electron chi connectivity index (χ0n) is 4.30. The summed E-state index contributed by atoms with van der Waals surface area (Å²) in [5.41, 5.74) is 0. The van der Waals surface area contributed by atoms with E-state index in [1.54, 1.807) is 0 Å². The highest BCUT2D eigenvalue weighted by molar-refractivity contribution is 5.67. The van der Waals surface area contributed by atoms with E-state index in [-0.39, 0.29) is 0 Å². The maximum absolute atomic E-state index is 9.40. The minimum atomic E-state index is -3.08. The van der Waals surface area contributed by atoms with E-state index in [9.17, 15) is 4.79 Å². The lowest BCUT2D eigenvalue weighted by molar-refractivity contribution is -0.140. The molecule has 0 unspecified atom stereocenters. The molecule has 0 aliphatic rings. The molecular formula is C2H4O3. The Morgan fingerprint density at radius 2 is 2.40 bits per heavy atom. The molecule has 0 aromatic carbocycles. The highest BCUT2D eigenvalue weighted by Crippen LogP contribution is 1.48. The molecule has 0 aromatic heterocycles. The third-order valence-corrected chi connectivity index (χ3v) is 0.0956. The molecule has 0 aliphatic carbocycles. The summed E-state index contributed by atoms with van der Waals surface area (Å²) < 4.78 is 12.0. The van der Waals surface area contributed by atoms with E-state index in [2.05, 4.69) is 0 Å². The lowest BCUT2D eigenvalue weighted by Crippen LogP contribution is -1.98. The second kappa shape index (κ2) is 1.72. The van der Waals surface area contributed by atoms with Crippen molar-refractivity contribution in [3.05, 3.63) is 0 Å². The van der Waals surface area contributed by atoms with Crippen molar-refractivity contribution >= 4 is 5.97 Å². The lowest BCUT2D eigenvalue weighted by atomic mass is 10.8. The SMILES string of the molecule is [2H]C([2H])(O)C(=O)O. The van der Waals surface area contributed by atoms with Crippen LogP contribution in [0.5, 0.6) is 0 Å². The van der Waals surface area contributed by atoms with Gasteiger partial charge >= 0.3 is 5.97 Å². The van der Waals surface area contributed by atoms with Gasteiger partial charge in [-0.3, -0.25) is 0 Å². The van der Waals surface area contributed by atoms with E-state index in [1.165, 1.54) is 0 Å². The number of aliphatic hydroxyl groups is 1. The molecule has 0 bridgehead atoms. The first-order chi connectivity index (χ1) is 2.94. The highest BCUT2D eigenvalue weighted by atomic mass is 16.4. The van der Waals surface area contributed by atoms with Crippen LogP contribution >= 0.6 is 0 Å². The Balaban J connectivity index is 3.79. The van der Waals surface area contributed by atoms with Gasteiger partial charge in [-0.05, 0) is 0 Å². The predicted molar refractivity (Wildman–Crippen MR) is 14.7 cm³/mol. The highest BCUT2D eigenvalue weighted by Gasteiger charge is 1.82. The summed E-state index contributed by atoms with van der Waals surface area (Å²) >= 11 is 0. The van der Waals surface area contributed by atoms with Gasteiger partial charge in [-0.1, -0.05) is 0 Å². The van der Waals surface area contributed by atoms with Crippen molar-refractivity contribution in [3.8, 4) is 0 Å². The molecule has 0 saturated heterocycles. The van der Waals surface area contributed by atoms with Gasteiger partial charge in [0.1, 0.15) is 6.56 Å². The van der Waals surface area contributed by atoms with Crippen LogP contribution in [0.2, 0.25) is 0 Å². The Labute approximate surface area is 31.7 Å².